The van der Waals surface area contributed by atoms with Gasteiger partial charge < -0.3 is 15.4 Å². The Kier molecular flexibility index (Phi) is 5.51. The van der Waals surface area contributed by atoms with Gasteiger partial charge in [0, 0.05) is 44.0 Å². The van der Waals surface area contributed by atoms with Crippen molar-refractivity contribution in [1.29, 1.82) is 0 Å². The number of hydrogen-bond acceptors (Lipinski definition) is 4. The van der Waals surface area contributed by atoms with Gasteiger partial charge in [0.25, 0.3) is 0 Å². The number of rotatable bonds is 5. The van der Waals surface area contributed by atoms with E-state index in [9.17, 15) is 0 Å². The van der Waals surface area contributed by atoms with E-state index in [1.807, 2.05) is 36.9 Å². The number of hydrogen-bond donors (Lipinski definition) is 2. The minimum Gasteiger partial charge on any atom is -0.381 e. The predicted molar refractivity (Wildman–Crippen MR) is 107 cm³/mol. The van der Waals surface area contributed by atoms with Crippen LogP contribution in [0.1, 0.15) is 37.2 Å². The summed E-state index contributed by atoms with van der Waals surface area (Å²) >= 11 is 0. The van der Waals surface area contributed by atoms with Crippen molar-refractivity contribution < 1.29 is 4.74 Å². The van der Waals surface area contributed by atoms with E-state index in [2.05, 4.69) is 45.6 Å². The zero-order chi connectivity index (χ0) is 19.6. The number of aliphatic imine (C=N–C) groups is 1. The number of pyridine rings is 1. The van der Waals surface area contributed by atoms with Gasteiger partial charge >= 0.3 is 0 Å². The number of guanidine groups is 1. The highest BCUT2D eigenvalue weighted by atomic mass is 16.5. The maximum atomic E-state index is 5.52. The van der Waals surface area contributed by atoms with E-state index in [1.165, 1.54) is 0 Å². The van der Waals surface area contributed by atoms with Crippen molar-refractivity contribution in [2.24, 2.45) is 10.4 Å². The van der Waals surface area contributed by atoms with Gasteiger partial charge in [0.05, 0.1) is 11.8 Å². The van der Waals surface area contributed by atoms with Gasteiger partial charge in [0.2, 0.25) is 0 Å². The molecule has 0 aromatic carbocycles. The molecule has 27 heavy (non-hydrogen) atoms. The molecule has 1 fully saturated rings. The van der Waals surface area contributed by atoms with E-state index < -0.39 is 0 Å². The van der Waals surface area contributed by atoms with Crippen LogP contribution in [0.25, 0.3) is 5.82 Å². The fourth-order valence-corrected chi connectivity index (χ4v) is 3.58. The molecule has 2 aromatic rings. The molecule has 146 valence electrons. The lowest BCUT2D eigenvalue weighted by Crippen LogP contribution is -2.63. The Morgan fingerprint density at radius 1 is 1.37 bits per heavy atom. The Labute approximate surface area is 161 Å². The molecular formula is C20H30N6O. The smallest absolute Gasteiger partial charge is 0.191 e. The van der Waals surface area contributed by atoms with Crippen LogP contribution in [0.4, 0.5) is 0 Å². The Hall–Kier alpha value is -2.41. The molecule has 2 heterocycles. The molecule has 1 aliphatic carbocycles. The quantitative estimate of drug-likeness (QED) is 0.624. The van der Waals surface area contributed by atoms with E-state index in [0.29, 0.717) is 18.7 Å². The van der Waals surface area contributed by atoms with Crippen LogP contribution >= 0.6 is 0 Å². The summed E-state index contributed by atoms with van der Waals surface area (Å²) in [5, 5.41) is 11.3. The summed E-state index contributed by atoms with van der Waals surface area (Å²) in [6.07, 6.45) is 3.16. The highest BCUT2D eigenvalue weighted by Gasteiger charge is 2.48. The van der Waals surface area contributed by atoms with E-state index in [0.717, 1.165) is 35.1 Å². The maximum absolute atomic E-state index is 5.52. The molecule has 0 aliphatic heterocycles. The standard InChI is InChI=1S/C20H30N6O/c1-13-9-14(2)26(25-13)18-8-7-15(11-22-18)12-23-19(21-5)24-16-10-17(27-6)20(16,3)4/h7-9,11,16-17H,10,12H2,1-6H3,(H2,21,23,24). The summed E-state index contributed by atoms with van der Waals surface area (Å²) in [7, 11) is 3.57. The maximum Gasteiger partial charge on any atom is 0.191 e. The lowest BCUT2D eigenvalue weighted by Gasteiger charge is -2.51. The summed E-state index contributed by atoms with van der Waals surface area (Å²) in [5.74, 6) is 1.62. The number of aromatic nitrogens is 3. The third kappa shape index (κ3) is 3.98. The second kappa shape index (κ2) is 7.68. The highest BCUT2D eigenvalue weighted by Crippen LogP contribution is 2.42. The van der Waals surface area contributed by atoms with Crippen molar-refractivity contribution in [2.75, 3.05) is 14.2 Å². The fraction of sp³-hybridized carbons (Fsp3) is 0.550. The average molecular weight is 371 g/mol. The van der Waals surface area contributed by atoms with E-state index in [1.54, 1.807) is 14.2 Å². The third-order valence-electron chi connectivity index (χ3n) is 5.49. The Balaban J connectivity index is 1.57. The van der Waals surface area contributed by atoms with Gasteiger partial charge in [0.15, 0.2) is 11.8 Å². The molecule has 2 aromatic heterocycles. The minimum atomic E-state index is 0.0926. The van der Waals surface area contributed by atoms with Crippen LogP contribution in [0, 0.1) is 19.3 Å². The zero-order valence-corrected chi connectivity index (χ0v) is 17.1. The van der Waals surface area contributed by atoms with Crippen LogP contribution in [0.2, 0.25) is 0 Å². The molecule has 0 amide bonds. The van der Waals surface area contributed by atoms with Crippen molar-refractivity contribution in [3.8, 4) is 5.82 Å². The Morgan fingerprint density at radius 3 is 2.67 bits per heavy atom. The first-order valence-corrected chi connectivity index (χ1v) is 9.33. The topological polar surface area (TPSA) is 76.4 Å². The van der Waals surface area contributed by atoms with Crippen LogP contribution in [-0.4, -0.2) is 47.0 Å². The lowest BCUT2D eigenvalue weighted by molar-refractivity contribution is -0.0922. The molecule has 1 aliphatic rings. The molecule has 7 nitrogen and oxygen atoms in total. The van der Waals surface area contributed by atoms with Crippen molar-refractivity contribution in [3.05, 3.63) is 41.3 Å². The molecule has 0 saturated heterocycles. The highest BCUT2D eigenvalue weighted by molar-refractivity contribution is 5.80. The molecule has 3 rings (SSSR count). The summed E-state index contributed by atoms with van der Waals surface area (Å²) in [6.45, 7) is 9.11. The second-order valence-corrected chi connectivity index (χ2v) is 7.77. The molecular weight excluding hydrogens is 340 g/mol. The SMILES string of the molecule is CN=C(NCc1ccc(-n2nc(C)cc2C)nc1)NC1CC(OC)C1(C)C. The molecule has 0 bridgehead atoms. The summed E-state index contributed by atoms with van der Waals surface area (Å²) in [4.78, 5) is 8.88. The number of ether oxygens (including phenoxy) is 1. The van der Waals surface area contributed by atoms with Crippen LogP contribution in [0.15, 0.2) is 29.4 Å². The lowest BCUT2D eigenvalue weighted by atomic mass is 9.64. The van der Waals surface area contributed by atoms with Crippen LogP contribution in [0.5, 0.6) is 0 Å². The minimum absolute atomic E-state index is 0.0926. The molecule has 2 unspecified atom stereocenters. The zero-order valence-electron chi connectivity index (χ0n) is 17.1. The van der Waals surface area contributed by atoms with Gasteiger partial charge in [-0.1, -0.05) is 19.9 Å². The van der Waals surface area contributed by atoms with Gasteiger partial charge in [-0.2, -0.15) is 5.10 Å². The first kappa shape index (κ1) is 19.4. The van der Waals surface area contributed by atoms with Gasteiger partial charge in [-0.25, -0.2) is 9.67 Å². The van der Waals surface area contributed by atoms with Crippen LogP contribution in [0.3, 0.4) is 0 Å². The summed E-state index contributed by atoms with van der Waals surface area (Å²) < 4.78 is 7.38. The Morgan fingerprint density at radius 2 is 2.15 bits per heavy atom. The molecule has 1 saturated carbocycles. The molecule has 0 radical (unpaired) electrons. The van der Waals surface area contributed by atoms with Crippen LogP contribution in [-0.2, 0) is 11.3 Å². The van der Waals surface area contributed by atoms with Gasteiger partial charge in [0.1, 0.15) is 0 Å². The van der Waals surface area contributed by atoms with Gasteiger partial charge in [-0.05, 0) is 38.0 Å². The monoisotopic (exact) mass is 370 g/mol. The molecule has 2 atom stereocenters. The average Bonchev–Trinajstić information content (AvgIpc) is 2.99. The van der Waals surface area contributed by atoms with Gasteiger partial charge in [-0.15, -0.1) is 0 Å². The third-order valence-corrected chi connectivity index (χ3v) is 5.49. The number of aryl methyl sites for hydroxylation is 2. The van der Waals surface area contributed by atoms with Gasteiger partial charge in [-0.3, -0.25) is 4.99 Å². The first-order valence-electron chi connectivity index (χ1n) is 9.33. The van der Waals surface area contributed by atoms with Crippen molar-refractivity contribution in [2.45, 2.75) is 52.8 Å². The summed E-state index contributed by atoms with van der Waals surface area (Å²) in [6, 6.07) is 6.45. The van der Waals surface area contributed by atoms with E-state index in [-0.39, 0.29) is 5.41 Å². The number of nitrogens with zero attached hydrogens (tertiary/aromatic N) is 4. The number of nitrogens with one attached hydrogen (secondary N) is 2. The van der Waals surface area contributed by atoms with E-state index >= 15 is 0 Å². The second-order valence-electron chi connectivity index (χ2n) is 7.77. The van der Waals surface area contributed by atoms with Crippen molar-refractivity contribution in [1.82, 2.24) is 25.4 Å². The van der Waals surface area contributed by atoms with Crippen molar-refractivity contribution in [3.63, 3.8) is 0 Å². The largest absolute Gasteiger partial charge is 0.381 e. The molecule has 2 N–H and O–H groups in total. The molecule has 0 spiro atoms. The normalized spacial score (nSPS) is 21.6. The first-order chi connectivity index (χ1) is 12.8. The number of methoxy groups -OCH3 is 1. The fourth-order valence-electron chi connectivity index (χ4n) is 3.58. The van der Waals surface area contributed by atoms with Crippen molar-refractivity contribution >= 4 is 5.96 Å². The Bertz CT molecular complexity index is 808. The predicted octanol–water partition coefficient (Wildman–Crippen LogP) is 2.36. The molecule has 7 heteroatoms. The van der Waals surface area contributed by atoms with E-state index in [4.69, 9.17) is 4.74 Å². The van der Waals surface area contributed by atoms with Crippen LogP contribution < -0.4 is 10.6 Å². The summed E-state index contributed by atoms with van der Waals surface area (Å²) in [5.41, 5.74) is 3.25.